The van der Waals surface area contributed by atoms with E-state index in [1.165, 1.54) is 28.1 Å². The van der Waals surface area contributed by atoms with Gasteiger partial charge in [0.15, 0.2) is 0 Å². The Balaban J connectivity index is 1.38. The first-order chi connectivity index (χ1) is 13.7. The molecule has 1 atom stereocenters. The summed E-state index contributed by atoms with van der Waals surface area (Å²) in [6.07, 6.45) is 3.49. The third kappa shape index (κ3) is 3.41. The Hall–Kier alpha value is -2.02. The van der Waals surface area contributed by atoms with Gasteiger partial charge < -0.3 is 9.30 Å². The molecule has 1 fully saturated rings. The minimum atomic E-state index is 0.350. The van der Waals surface area contributed by atoms with Gasteiger partial charge in [0.05, 0.1) is 28.4 Å². The molecule has 0 aliphatic carbocycles. The molecule has 1 saturated heterocycles. The number of hydrogen-bond donors (Lipinski definition) is 0. The van der Waals surface area contributed by atoms with Crippen LogP contribution in [0.2, 0.25) is 0 Å². The Morgan fingerprint density at radius 1 is 1.18 bits per heavy atom. The summed E-state index contributed by atoms with van der Waals surface area (Å²) < 4.78 is 9.47. The Morgan fingerprint density at radius 3 is 2.89 bits per heavy atom. The maximum absolute atomic E-state index is 5.84. The van der Waals surface area contributed by atoms with Crippen LogP contribution in [0.25, 0.3) is 21.5 Å². The van der Waals surface area contributed by atoms with Crippen LogP contribution in [0.1, 0.15) is 34.2 Å². The van der Waals surface area contributed by atoms with Gasteiger partial charge >= 0.3 is 0 Å². The summed E-state index contributed by atoms with van der Waals surface area (Å²) in [5, 5.41) is 4.44. The highest BCUT2D eigenvalue weighted by molar-refractivity contribution is 7.18. The van der Waals surface area contributed by atoms with Crippen molar-refractivity contribution in [1.29, 1.82) is 0 Å². The maximum Gasteiger partial charge on any atom is 0.101 e. The standard InChI is InChI=1S/C22H23N3OS2/c1-14-10-17(15(2)25(14)12-16-6-5-9-26-16)19-13-27-21(24-19)11-22-23-18-7-3-4-8-20(18)28-22/h3-4,7-8,10,13,16H,5-6,9,11-12H2,1-2H3/t16-/m1/s1. The lowest BCUT2D eigenvalue weighted by Gasteiger charge is -2.14. The van der Waals surface area contributed by atoms with Crippen LogP contribution in [0.5, 0.6) is 0 Å². The van der Waals surface area contributed by atoms with Gasteiger partial charge in [-0.2, -0.15) is 0 Å². The van der Waals surface area contributed by atoms with Crippen LogP contribution in [0.15, 0.2) is 35.7 Å². The molecule has 0 N–H and O–H groups in total. The number of ether oxygens (including phenoxy) is 1. The third-order valence-corrected chi connectivity index (χ3v) is 7.34. The predicted octanol–water partition coefficient (Wildman–Crippen LogP) is 5.61. The Labute approximate surface area is 172 Å². The third-order valence-electron chi connectivity index (χ3n) is 5.45. The largest absolute Gasteiger partial charge is 0.376 e. The van der Waals surface area contributed by atoms with E-state index < -0.39 is 0 Å². The lowest BCUT2D eigenvalue weighted by atomic mass is 10.2. The zero-order chi connectivity index (χ0) is 19.1. The first-order valence-corrected chi connectivity index (χ1v) is 11.4. The molecule has 0 spiro atoms. The fourth-order valence-corrected chi connectivity index (χ4v) is 5.84. The second-order valence-electron chi connectivity index (χ2n) is 7.41. The van der Waals surface area contributed by atoms with E-state index in [0.29, 0.717) is 6.10 Å². The molecule has 4 heterocycles. The molecule has 0 unspecified atom stereocenters. The number of para-hydroxylation sites is 1. The molecule has 28 heavy (non-hydrogen) atoms. The summed E-state index contributed by atoms with van der Waals surface area (Å²) in [6.45, 7) is 6.22. The number of benzene rings is 1. The Morgan fingerprint density at radius 2 is 2.07 bits per heavy atom. The smallest absolute Gasteiger partial charge is 0.101 e. The minimum absolute atomic E-state index is 0.350. The van der Waals surface area contributed by atoms with Crippen LogP contribution in [0.3, 0.4) is 0 Å². The van der Waals surface area contributed by atoms with Crippen molar-refractivity contribution in [3.8, 4) is 11.3 Å². The molecule has 0 amide bonds. The van der Waals surface area contributed by atoms with Gasteiger partial charge in [0, 0.05) is 35.5 Å². The normalized spacial score (nSPS) is 17.0. The summed E-state index contributed by atoms with van der Waals surface area (Å²) in [5.74, 6) is 0. The first-order valence-electron chi connectivity index (χ1n) is 9.75. The van der Waals surface area contributed by atoms with Crippen molar-refractivity contribution in [3.63, 3.8) is 0 Å². The number of nitrogens with zero attached hydrogens (tertiary/aromatic N) is 3. The molecular weight excluding hydrogens is 386 g/mol. The molecule has 4 nitrogen and oxygen atoms in total. The lowest BCUT2D eigenvalue weighted by molar-refractivity contribution is 0.0962. The highest BCUT2D eigenvalue weighted by atomic mass is 32.1. The van der Waals surface area contributed by atoms with Crippen molar-refractivity contribution in [3.05, 3.63) is 57.1 Å². The molecule has 6 heteroatoms. The first kappa shape index (κ1) is 18.0. The average molecular weight is 410 g/mol. The number of hydrogen-bond acceptors (Lipinski definition) is 5. The van der Waals surface area contributed by atoms with E-state index in [2.05, 4.69) is 48.1 Å². The molecular formula is C22H23N3OS2. The van der Waals surface area contributed by atoms with Crippen molar-refractivity contribution in [2.24, 2.45) is 0 Å². The van der Waals surface area contributed by atoms with Gasteiger partial charge in [-0.1, -0.05) is 12.1 Å². The quantitative estimate of drug-likeness (QED) is 0.430. The fraction of sp³-hybridized carbons (Fsp3) is 0.364. The molecule has 4 aromatic rings. The topological polar surface area (TPSA) is 39.9 Å². The fourth-order valence-electron chi connectivity index (χ4n) is 3.97. The Bertz CT molecular complexity index is 1090. The SMILES string of the molecule is Cc1cc(-c2csc(Cc3nc4ccccc4s3)n2)c(C)n1C[C@H]1CCCO1. The van der Waals surface area contributed by atoms with Crippen LogP contribution in [-0.2, 0) is 17.7 Å². The molecule has 144 valence electrons. The van der Waals surface area contributed by atoms with Gasteiger partial charge in [0.25, 0.3) is 0 Å². The highest BCUT2D eigenvalue weighted by Gasteiger charge is 2.20. The van der Waals surface area contributed by atoms with Crippen LogP contribution in [-0.4, -0.2) is 27.2 Å². The van der Waals surface area contributed by atoms with E-state index in [1.54, 1.807) is 22.7 Å². The maximum atomic E-state index is 5.84. The molecule has 1 aromatic carbocycles. The van der Waals surface area contributed by atoms with Crippen molar-refractivity contribution in [1.82, 2.24) is 14.5 Å². The summed E-state index contributed by atoms with van der Waals surface area (Å²) in [5.41, 5.74) is 5.96. The number of aromatic nitrogens is 3. The van der Waals surface area contributed by atoms with Crippen molar-refractivity contribution in [2.75, 3.05) is 6.61 Å². The minimum Gasteiger partial charge on any atom is -0.376 e. The average Bonchev–Trinajstić information content (AvgIpc) is 3.46. The second-order valence-corrected chi connectivity index (χ2v) is 9.47. The Kier molecular flexibility index (Phi) is 4.78. The number of rotatable bonds is 5. The van der Waals surface area contributed by atoms with Crippen molar-refractivity contribution in [2.45, 2.75) is 45.8 Å². The number of fused-ring (bicyclic) bond motifs is 1. The van der Waals surface area contributed by atoms with Crippen molar-refractivity contribution >= 4 is 32.9 Å². The second kappa shape index (κ2) is 7.43. The molecule has 5 rings (SSSR count). The molecule has 3 aromatic heterocycles. The molecule has 0 bridgehead atoms. The molecule has 0 radical (unpaired) electrons. The predicted molar refractivity (Wildman–Crippen MR) is 116 cm³/mol. The zero-order valence-electron chi connectivity index (χ0n) is 16.1. The van der Waals surface area contributed by atoms with Gasteiger partial charge in [0.1, 0.15) is 10.0 Å². The summed E-state index contributed by atoms with van der Waals surface area (Å²) >= 11 is 3.49. The van der Waals surface area contributed by atoms with Gasteiger partial charge in [-0.05, 0) is 44.9 Å². The van der Waals surface area contributed by atoms with Gasteiger partial charge in [-0.25, -0.2) is 9.97 Å². The molecule has 0 saturated carbocycles. The van der Waals surface area contributed by atoms with E-state index in [-0.39, 0.29) is 0 Å². The molecule has 1 aliphatic heterocycles. The van der Waals surface area contributed by atoms with E-state index in [0.717, 1.165) is 47.2 Å². The monoisotopic (exact) mass is 409 g/mol. The van der Waals surface area contributed by atoms with E-state index in [4.69, 9.17) is 14.7 Å². The summed E-state index contributed by atoms with van der Waals surface area (Å²) in [4.78, 5) is 9.68. The molecule has 1 aliphatic rings. The van der Waals surface area contributed by atoms with Gasteiger partial charge in [-0.15, -0.1) is 22.7 Å². The van der Waals surface area contributed by atoms with Gasteiger partial charge in [-0.3, -0.25) is 0 Å². The van der Waals surface area contributed by atoms with Crippen LogP contribution in [0, 0.1) is 13.8 Å². The lowest BCUT2D eigenvalue weighted by Crippen LogP contribution is -2.16. The number of aryl methyl sites for hydroxylation is 1. The summed E-state index contributed by atoms with van der Waals surface area (Å²) in [7, 11) is 0. The van der Waals surface area contributed by atoms with E-state index >= 15 is 0 Å². The van der Waals surface area contributed by atoms with Crippen LogP contribution < -0.4 is 0 Å². The zero-order valence-corrected chi connectivity index (χ0v) is 17.8. The van der Waals surface area contributed by atoms with Crippen LogP contribution >= 0.6 is 22.7 Å². The van der Waals surface area contributed by atoms with E-state index in [1.807, 2.05) is 6.07 Å². The van der Waals surface area contributed by atoms with E-state index in [9.17, 15) is 0 Å². The van der Waals surface area contributed by atoms with Gasteiger partial charge in [0.2, 0.25) is 0 Å². The van der Waals surface area contributed by atoms with Crippen molar-refractivity contribution < 1.29 is 4.74 Å². The highest BCUT2D eigenvalue weighted by Crippen LogP contribution is 2.31. The summed E-state index contributed by atoms with van der Waals surface area (Å²) in [6, 6.07) is 10.6. The van der Waals surface area contributed by atoms with Crippen LogP contribution in [0.4, 0.5) is 0 Å². The number of thiazole rings is 2.